The van der Waals surface area contributed by atoms with Crippen molar-refractivity contribution in [1.29, 1.82) is 0 Å². The van der Waals surface area contributed by atoms with Crippen molar-refractivity contribution in [1.82, 2.24) is 15.5 Å². The van der Waals surface area contributed by atoms with Crippen LogP contribution >= 0.6 is 0 Å². The standard InChI is InChI=1S/C21H34N4O2/c1-3-22-21(23-15-17-9-8-14-27-17)24-16-19(25-12-6-7-13-25)18-10-4-5-11-20(18)26-2/h4-5,10-11,17,19H,3,6-9,12-16H2,1-2H3,(H2,22,23,24). The smallest absolute Gasteiger partial charge is 0.191 e. The lowest BCUT2D eigenvalue weighted by Gasteiger charge is -2.28. The Morgan fingerprint density at radius 3 is 2.78 bits per heavy atom. The first-order valence-corrected chi connectivity index (χ1v) is 10.3. The minimum atomic E-state index is 0.238. The predicted octanol–water partition coefficient (Wildman–Crippen LogP) is 2.57. The summed E-state index contributed by atoms with van der Waals surface area (Å²) in [5, 5.41) is 6.82. The normalized spacial score (nSPS) is 22.0. The highest BCUT2D eigenvalue weighted by Crippen LogP contribution is 2.31. The first-order chi connectivity index (χ1) is 13.3. The number of likely N-dealkylation sites (tertiary alicyclic amines) is 1. The molecule has 0 amide bonds. The third-order valence-corrected chi connectivity index (χ3v) is 5.37. The second-order valence-electron chi connectivity index (χ2n) is 7.24. The summed E-state index contributed by atoms with van der Waals surface area (Å²) in [6, 6.07) is 8.57. The fourth-order valence-electron chi connectivity index (χ4n) is 3.94. The van der Waals surface area contributed by atoms with Gasteiger partial charge in [-0.25, -0.2) is 0 Å². The van der Waals surface area contributed by atoms with E-state index in [2.05, 4.69) is 34.6 Å². The highest BCUT2D eigenvalue weighted by molar-refractivity contribution is 5.79. The topological polar surface area (TPSA) is 58.1 Å². The third-order valence-electron chi connectivity index (χ3n) is 5.37. The third kappa shape index (κ3) is 5.59. The number of para-hydroxylation sites is 1. The SMILES string of the molecule is CCNC(=NCC(c1ccccc1OC)N1CCCC1)NCC1CCCO1. The maximum atomic E-state index is 5.72. The molecule has 2 fully saturated rings. The van der Waals surface area contributed by atoms with Crippen LogP contribution in [0.3, 0.4) is 0 Å². The molecule has 2 aliphatic heterocycles. The average molecular weight is 375 g/mol. The zero-order chi connectivity index (χ0) is 18.9. The fraction of sp³-hybridized carbons (Fsp3) is 0.667. The van der Waals surface area contributed by atoms with Crippen molar-refractivity contribution in [2.75, 3.05) is 46.4 Å². The summed E-state index contributed by atoms with van der Waals surface area (Å²) >= 11 is 0. The number of methoxy groups -OCH3 is 1. The van der Waals surface area contributed by atoms with Crippen molar-refractivity contribution in [3.8, 4) is 5.75 Å². The zero-order valence-electron chi connectivity index (χ0n) is 16.7. The quantitative estimate of drug-likeness (QED) is 0.541. The van der Waals surface area contributed by atoms with Gasteiger partial charge < -0.3 is 20.1 Å². The monoisotopic (exact) mass is 374 g/mol. The van der Waals surface area contributed by atoms with Crippen molar-refractivity contribution in [2.24, 2.45) is 4.99 Å². The highest BCUT2D eigenvalue weighted by atomic mass is 16.5. The van der Waals surface area contributed by atoms with Gasteiger partial charge in [-0.3, -0.25) is 9.89 Å². The molecule has 0 aliphatic carbocycles. The van der Waals surface area contributed by atoms with Gasteiger partial charge in [-0.2, -0.15) is 0 Å². The van der Waals surface area contributed by atoms with Crippen molar-refractivity contribution in [2.45, 2.75) is 44.8 Å². The number of rotatable bonds is 8. The molecule has 0 saturated carbocycles. The molecule has 6 nitrogen and oxygen atoms in total. The first-order valence-electron chi connectivity index (χ1n) is 10.3. The molecule has 1 aromatic rings. The minimum Gasteiger partial charge on any atom is -0.496 e. The molecule has 2 atom stereocenters. The van der Waals surface area contributed by atoms with Gasteiger partial charge in [-0.1, -0.05) is 18.2 Å². The summed E-state index contributed by atoms with van der Waals surface area (Å²) in [6.07, 6.45) is 5.10. The minimum absolute atomic E-state index is 0.238. The Bertz CT molecular complexity index is 596. The van der Waals surface area contributed by atoms with Crippen LogP contribution in [0.15, 0.2) is 29.3 Å². The molecule has 0 aromatic heterocycles. The van der Waals surface area contributed by atoms with Gasteiger partial charge in [0.2, 0.25) is 0 Å². The second-order valence-corrected chi connectivity index (χ2v) is 7.24. The number of hydrogen-bond acceptors (Lipinski definition) is 4. The molecule has 2 N–H and O–H groups in total. The lowest BCUT2D eigenvalue weighted by Crippen LogP contribution is -2.41. The summed E-state index contributed by atoms with van der Waals surface area (Å²) in [6.45, 7) is 7.60. The van der Waals surface area contributed by atoms with Crippen molar-refractivity contribution < 1.29 is 9.47 Å². The Morgan fingerprint density at radius 2 is 2.07 bits per heavy atom. The molecule has 2 heterocycles. The number of nitrogens with zero attached hydrogens (tertiary/aromatic N) is 2. The van der Waals surface area contributed by atoms with E-state index in [0.717, 1.165) is 57.3 Å². The van der Waals surface area contributed by atoms with Crippen molar-refractivity contribution in [3.05, 3.63) is 29.8 Å². The maximum Gasteiger partial charge on any atom is 0.191 e. The van der Waals surface area contributed by atoms with Crippen molar-refractivity contribution in [3.63, 3.8) is 0 Å². The van der Waals surface area contributed by atoms with E-state index in [0.29, 0.717) is 12.6 Å². The summed E-state index contributed by atoms with van der Waals surface area (Å²) in [5.74, 6) is 1.81. The van der Waals surface area contributed by atoms with Gasteiger partial charge in [-0.05, 0) is 51.8 Å². The van der Waals surface area contributed by atoms with Crippen LogP contribution in [0.25, 0.3) is 0 Å². The number of hydrogen-bond donors (Lipinski definition) is 2. The lowest BCUT2D eigenvalue weighted by atomic mass is 10.0. The van der Waals surface area contributed by atoms with Crippen molar-refractivity contribution >= 4 is 5.96 Å². The van der Waals surface area contributed by atoms with Crippen LogP contribution in [-0.4, -0.2) is 63.4 Å². The first kappa shape index (κ1) is 20.0. The molecule has 0 spiro atoms. The molecule has 2 unspecified atom stereocenters. The van der Waals surface area contributed by atoms with Gasteiger partial charge in [0.1, 0.15) is 5.75 Å². The Labute approximate surface area is 163 Å². The molecule has 150 valence electrons. The Hall–Kier alpha value is -1.79. The van der Waals surface area contributed by atoms with Gasteiger partial charge in [0.05, 0.1) is 25.8 Å². The lowest BCUT2D eigenvalue weighted by molar-refractivity contribution is 0.113. The molecule has 27 heavy (non-hydrogen) atoms. The maximum absolute atomic E-state index is 5.72. The Balaban J connectivity index is 1.71. The van der Waals surface area contributed by atoms with Gasteiger partial charge in [-0.15, -0.1) is 0 Å². The van der Waals surface area contributed by atoms with Crippen LogP contribution in [-0.2, 0) is 4.74 Å². The summed E-state index contributed by atoms with van der Waals surface area (Å²) < 4.78 is 11.4. The van der Waals surface area contributed by atoms with E-state index in [1.165, 1.54) is 18.4 Å². The average Bonchev–Trinajstić information content (AvgIpc) is 3.41. The zero-order valence-corrected chi connectivity index (χ0v) is 16.7. The molecule has 2 aliphatic rings. The number of guanidine groups is 1. The van der Waals surface area contributed by atoms with Gasteiger partial charge in [0.15, 0.2) is 5.96 Å². The Kier molecular flexibility index (Phi) is 7.78. The van der Waals surface area contributed by atoms with E-state index in [4.69, 9.17) is 14.5 Å². The van der Waals surface area contributed by atoms with Crippen LogP contribution in [0, 0.1) is 0 Å². The van der Waals surface area contributed by atoms with Gasteiger partial charge in [0, 0.05) is 25.3 Å². The van der Waals surface area contributed by atoms with E-state index in [1.807, 2.05) is 12.1 Å². The molecular weight excluding hydrogens is 340 g/mol. The summed E-state index contributed by atoms with van der Waals surface area (Å²) in [7, 11) is 1.75. The number of benzene rings is 1. The predicted molar refractivity (Wildman–Crippen MR) is 109 cm³/mol. The Morgan fingerprint density at radius 1 is 1.26 bits per heavy atom. The van der Waals surface area contributed by atoms with E-state index >= 15 is 0 Å². The largest absolute Gasteiger partial charge is 0.496 e. The van der Waals surface area contributed by atoms with Gasteiger partial charge in [0.25, 0.3) is 0 Å². The van der Waals surface area contributed by atoms with Crippen LogP contribution in [0.5, 0.6) is 5.75 Å². The van der Waals surface area contributed by atoms with Crippen LogP contribution < -0.4 is 15.4 Å². The van der Waals surface area contributed by atoms with Crippen LogP contribution in [0.2, 0.25) is 0 Å². The number of nitrogens with one attached hydrogen (secondary N) is 2. The van der Waals surface area contributed by atoms with E-state index in [9.17, 15) is 0 Å². The molecule has 6 heteroatoms. The molecule has 0 radical (unpaired) electrons. The fourth-order valence-corrected chi connectivity index (χ4v) is 3.94. The summed E-state index contributed by atoms with van der Waals surface area (Å²) in [4.78, 5) is 7.45. The van der Waals surface area contributed by atoms with Crippen LogP contribution in [0.4, 0.5) is 0 Å². The molecule has 3 rings (SSSR count). The van der Waals surface area contributed by atoms with Crippen LogP contribution in [0.1, 0.15) is 44.2 Å². The highest BCUT2D eigenvalue weighted by Gasteiger charge is 2.26. The number of aliphatic imine (C=N–C) groups is 1. The molecular formula is C21H34N4O2. The van der Waals surface area contributed by atoms with E-state index < -0.39 is 0 Å². The van der Waals surface area contributed by atoms with Gasteiger partial charge >= 0.3 is 0 Å². The molecule has 1 aromatic carbocycles. The van der Waals surface area contributed by atoms with E-state index in [-0.39, 0.29) is 6.04 Å². The molecule has 2 saturated heterocycles. The number of ether oxygens (including phenoxy) is 2. The second kappa shape index (κ2) is 10.5. The molecule has 0 bridgehead atoms. The van der Waals surface area contributed by atoms with E-state index in [1.54, 1.807) is 7.11 Å². The summed E-state index contributed by atoms with van der Waals surface area (Å²) in [5.41, 5.74) is 1.22.